The van der Waals surface area contributed by atoms with E-state index in [9.17, 15) is 0 Å². The van der Waals surface area contributed by atoms with E-state index in [1.54, 1.807) is 12.1 Å². The zero-order valence-electron chi connectivity index (χ0n) is 14.7. The van der Waals surface area contributed by atoms with Crippen molar-refractivity contribution in [3.05, 3.63) is 35.4 Å². The first-order valence-electron chi connectivity index (χ1n) is 7.99. The van der Waals surface area contributed by atoms with Crippen LogP contribution in [-0.2, 0) is 12.8 Å². The quantitative estimate of drug-likeness (QED) is 0.682. The van der Waals surface area contributed by atoms with Crippen molar-refractivity contribution in [2.24, 2.45) is 5.41 Å². The first-order chi connectivity index (χ1) is 8.91. The highest BCUT2D eigenvalue weighted by molar-refractivity contribution is 5.34. The average molecular weight is 194 g/mol. The fraction of sp³-hybridized carbons (Fsp3) is 0.571. The van der Waals surface area contributed by atoms with Crippen LogP contribution < -0.4 is 0 Å². The summed E-state index contributed by atoms with van der Waals surface area (Å²) in [5, 5.41) is 0. The molecule has 0 saturated carbocycles. The molecule has 0 nitrogen and oxygen atoms in total. The molecule has 1 atom stereocenters. The highest BCUT2D eigenvalue weighted by atomic mass is 14.4. The molecular formula is C14H20. The summed E-state index contributed by atoms with van der Waals surface area (Å²) >= 11 is 0. The van der Waals surface area contributed by atoms with Crippen LogP contribution in [0.3, 0.4) is 0 Å². The van der Waals surface area contributed by atoms with E-state index in [2.05, 4.69) is 0 Å². The molecule has 0 heteroatoms. The van der Waals surface area contributed by atoms with Gasteiger partial charge in [-0.3, -0.25) is 0 Å². The Kier molecular flexibility index (Phi) is 1.30. The van der Waals surface area contributed by atoms with Gasteiger partial charge in [0.15, 0.2) is 0 Å². The SMILES string of the molecule is [2H]C([2H])(C)CC1(C([2H])([2H])C)Cc2ccccc2C1([2H])[2H]. The van der Waals surface area contributed by atoms with Crippen molar-refractivity contribution in [1.29, 1.82) is 0 Å². The molecule has 14 heavy (non-hydrogen) atoms. The number of fused-ring (bicyclic) bond motifs is 1. The Bertz CT molecular complexity index is 511. The zero-order valence-corrected chi connectivity index (χ0v) is 8.72. The molecule has 0 spiro atoms. The normalized spacial score (nSPS) is 37.0. The Hall–Kier alpha value is -0.780. The second-order valence-electron chi connectivity index (χ2n) is 3.82. The van der Waals surface area contributed by atoms with Gasteiger partial charge >= 0.3 is 0 Å². The van der Waals surface area contributed by atoms with Gasteiger partial charge in [0, 0.05) is 8.22 Å². The molecule has 0 N–H and O–H groups in total. The summed E-state index contributed by atoms with van der Waals surface area (Å²) < 4.78 is 48.9. The van der Waals surface area contributed by atoms with Gasteiger partial charge < -0.3 is 0 Å². The van der Waals surface area contributed by atoms with E-state index in [4.69, 9.17) is 8.22 Å². The van der Waals surface area contributed by atoms with Gasteiger partial charge in [-0.05, 0) is 42.1 Å². The first-order valence-corrected chi connectivity index (χ1v) is 4.99. The minimum atomic E-state index is -1.88. The van der Waals surface area contributed by atoms with Crippen LogP contribution in [0.4, 0.5) is 0 Å². The third-order valence-electron chi connectivity index (χ3n) is 2.84. The third kappa shape index (κ3) is 1.58. The smallest absolute Gasteiger partial charge is 0.0322 e. The third-order valence-corrected chi connectivity index (χ3v) is 2.84. The highest BCUT2D eigenvalue weighted by Crippen LogP contribution is 2.42. The van der Waals surface area contributed by atoms with Crippen LogP contribution in [0.15, 0.2) is 24.3 Å². The van der Waals surface area contributed by atoms with E-state index in [0.29, 0.717) is 5.56 Å². The lowest BCUT2D eigenvalue weighted by molar-refractivity contribution is 0.264. The largest absolute Gasteiger partial charge is 0.0654 e. The van der Waals surface area contributed by atoms with Gasteiger partial charge in [0.1, 0.15) is 0 Å². The summed E-state index contributed by atoms with van der Waals surface area (Å²) in [6.45, 7) is 2.75. The molecule has 0 bridgehead atoms. The summed E-state index contributed by atoms with van der Waals surface area (Å²) in [6, 6.07) is 7.06. The van der Waals surface area contributed by atoms with Crippen molar-refractivity contribution < 1.29 is 8.22 Å². The van der Waals surface area contributed by atoms with Gasteiger partial charge in [-0.2, -0.15) is 0 Å². The minimum Gasteiger partial charge on any atom is -0.0654 e. The van der Waals surface area contributed by atoms with Gasteiger partial charge in [0.25, 0.3) is 0 Å². The van der Waals surface area contributed by atoms with Crippen molar-refractivity contribution in [3.8, 4) is 0 Å². The summed E-state index contributed by atoms with van der Waals surface area (Å²) in [7, 11) is 0. The number of benzene rings is 1. The molecule has 1 unspecified atom stereocenters. The fourth-order valence-electron chi connectivity index (χ4n) is 2.07. The van der Waals surface area contributed by atoms with Gasteiger partial charge in [-0.1, -0.05) is 44.5 Å². The lowest BCUT2D eigenvalue weighted by Crippen LogP contribution is -2.19. The minimum absolute atomic E-state index is 0.148. The summed E-state index contributed by atoms with van der Waals surface area (Å²) in [4.78, 5) is 0. The lowest BCUT2D eigenvalue weighted by Gasteiger charge is -2.26. The molecule has 0 radical (unpaired) electrons. The number of hydrogen-bond donors (Lipinski definition) is 0. The fourth-order valence-corrected chi connectivity index (χ4v) is 2.07. The van der Waals surface area contributed by atoms with Gasteiger partial charge in [-0.25, -0.2) is 0 Å². The van der Waals surface area contributed by atoms with Crippen molar-refractivity contribution in [3.63, 3.8) is 0 Å². The van der Waals surface area contributed by atoms with Crippen LogP contribution >= 0.6 is 0 Å². The number of rotatable bonds is 3. The average Bonchev–Trinajstić information content (AvgIpc) is 2.46. The predicted molar refractivity (Wildman–Crippen MR) is 61.5 cm³/mol. The molecule has 0 fully saturated rings. The van der Waals surface area contributed by atoms with Gasteiger partial charge in [-0.15, -0.1) is 0 Å². The lowest BCUT2D eigenvalue weighted by atomic mass is 9.78. The molecule has 1 aromatic rings. The van der Waals surface area contributed by atoms with E-state index < -0.39 is 24.5 Å². The summed E-state index contributed by atoms with van der Waals surface area (Å²) in [6.07, 6.45) is -5.25. The van der Waals surface area contributed by atoms with E-state index in [-0.39, 0.29) is 12.8 Å². The second-order valence-corrected chi connectivity index (χ2v) is 3.82. The summed E-state index contributed by atoms with van der Waals surface area (Å²) in [5.74, 6) is 0. The molecule has 0 amide bonds. The molecule has 0 saturated heterocycles. The maximum atomic E-state index is 8.47. The van der Waals surface area contributed by atoms with Crippen LogP contribution in [0.2, 0.25) is 0 Å². The Balaban J connectivity index is 2.62. The highest BCUT2D eigenvalue weighted by Gasteiger charge is 2.34. The Labute approximate surface area is 95.8 Å². The Morgan fingerprint density at radius 1 is 1.36 bits per heavy atom. The van der Waals surface area contributed by atoms with E-state index in [1.807, 2.05) is 12.1 Å². The molecule has 1 aliphatic carbocycles. The molecule has 0 aliphatic heterocycles. The molecule has 1 aliphatic rings. The number of hydrogen-bond acceptors (Lipinski definition) is 0. The standard InChI is InChI=1S/C14H20/c1-3-9-14(4-2)10-12-7-5-6-8-13(12)11-14/h5-8H,3-4,9-11H2,1-2H3/i3D2,4D2,10D2. The maximum Gasteiger partial charge on any atom is 0.0322 e. The van der Waals surface area contributed by atoms with E-state index in [1.165, 1.54) is 13.8 Å². The van der Waals surface area contributed by atoms with E-state index in [0.717, 1.165) is 5.56 Å². The van der Waals surface area contributed by atoms with E-state index >= 15 is 0 Å². The maximum absolute atomic E-state index is 8.47. The molecule has 1 aromatic carbocycles. The monoisotopic (exact) mass is 194 g/mol. The Morgan fingerprint density at radius 2 is 2.07 bits per heavy atom. The zero-order chi connectivity index (χ0) is 15.4. The van der Waals surface area contributed by atoms with Crippen molar-refractivity contribution >= 4 is 0 Å². The Morgan fingerprint density at radius 3 is 2.64 bits per heavy atom. The van der Waals surface area contributed by atoms with Crippen molar-refractivity contribution in [1.82, 2.24) is 0 Å². The van der Waals surface area contributed by atoms with Crippen molar-refractivity contribution in [2.45, 2.75) is 45.8 Å². The van der Waals surface area contributed by atoms with Gasteiger partial charge in [0.05, 0.1) is 0 Å². The van der Waals surface area contributed by atoms with Crippen LogP contribution in [0.25, 0.3) is 0 Å². The summed E-state index contributed by atoms with van der Waals surface area (Å²) in [5.41, 5.74) is -0.107. The molecule has 0 heterocycles. The topological polar surface area (TPSA) is 0 Å². The molecule has 2 rings (SSSR count). The van der Waals surface area contributed by atoms with Crippen molar-refractivity contribution in [2.75, 3.05) is 0 Å². The second kappa shape index (κ2) is 3.76. The molecular weight excluding hydrogens is 168 g/mol. The first kappa shape index (κ1) is 4.83. The van der Waals surface area contributed by atoms with Crippen LogP contribution in [0, 0.1) is 5.41 Å². The van der Waals surface area contributed by atoms with Crippen LogP contribution in [0.5, 0.6) is 0 Å². The van der Waals surface area contributed by atoms with Crippen LogP contribution in [0.1, 0.15) is 52.4 Å². The molecule has 76 valence electrons. The van der Waals surface area contributed by atoms with Gasteiger partial charge in [0.2, 0.25) is 0 Å². The molecule has 0 aromatic heterocycles. The van der Waals surface area contributed by atoms with Crippen LogP contribution in [-0.4, -0.2) is 0 Å². The predicted octanol–water partition coefficient (Wildman–Crippen LogP) is 3.98.